The van der Waals surface area contributed by atoms with Crippen LogP contribution in [0.3, 0.4) is 0 Å². The first-order valence-electron chi connectivity index (χ1n) is 8.64. The first kappa shape index (κ1) is 15.4. The van der Waals surface area contributed by atoms with Crippen molar-refractivity contribution < 1.29 is 4.79 Å². The van der Waals surface area contributed by atoms with Crippen LogP contribution in [0.25, 0.3) is 15.3 Å². The summed E-state index contributed by atoms with van der Waals surface area (Å²) in [5, 5.41) is 4.14. The topological polar surface area (TPSA) is 46.9 Å². The van der Waals surface area contributed by atoms with Gasteiger partial charge in [-0.2, -0.15) is 0 Å². The van der Waals surface area contributed by atoms with Crippen LogP contribution in [0, 0.1) is 0 Å². The molecule has 1 aliphatic rings. The molecule has 1 aromatic carbocycles. The van der Waals surface area contributed by atoms with Gasteiger partial charge in [0.15, 0.2) is 5.13 Å². The molecule has 0 radical (unpaired) electrons. The summed E-state index contributed by atoms with van der Waals surface area (Å²) in [6.07, 6.45) is 11.2. The van der Waals surface area contributed by atoms with Crippen LogP contribution in [0.2, 0.25) is 0 Å². The number of carbonyl (C=O) groups excluding carboxylic acids is 1. The molecule has 1 fully saturated rings. The molecule has 3 aromatic rings. The Hall–Kier alpha value is -2.14. The van der Waals surface area contributed by atoms with E-state index in [9.17, 15) is 4.79 Å². The van der Waals surface area contributed by atoms with E-state index in [1.807, 2.05) is 47.3 Å². The van der Waals surface area contributed by atoms with Crippen LogP contribution in [0.5, 0.6) is 0 Å². The zero-order valence-electron chi connectivity index (χ0n) is 13.6. The Morgan fingerprint density at radius 2 is 1.88 bits per heavy atom. The molecule has 0 aliphatic heterocycles. The summed E-state index contributed by atoms with van der Waals surface area (Å²) < 4.78 is 3.04. The first-order chi connectivity index (χ1) is 11.8. The van der Waals surface area contributed by atoms with Gasteiger partial charge >= 0.3 is 0 Å². The molecule has 1 amide bonds. The minimum Gasteiger partial charge on any atom is -0.349 e. The van der Waals surface area contributed by atoms with Crippen molar-refractivity contribution in [3.63, 3.8) is 0 Å². The van der Waals surface area contributed by atoms with E-state index in [0.29, 0.717) is 6.04 Å². The zero-order valence-corrected chi connectivity index (χ0v) is 14.4. The highest BCUT2D eigenvalue weighted by atomic mass is 32.1. The summed E-state index contributed by atoms with van der Waals surface area (Å²) in [6, 6.07) is 10.1. The largest absolute Gasteiger partial charge is 0.349 e. The summed E-state index contributed by atoms with van der Waals surface area (Å²) in [5.74, 6) is 0.0414. The standard InChI is InChI=1S/C19H21N3OS/c23-18(20-15-7-3-1-2-4-8-15)14-9-10-16-17(13-14)24-19(21-16)22-11-5-6-12-22/h5-6,9-13,15H,1-4,7-8H2,(H,20,23). The summed E-state index contributed by atoms with van der Waals surface area (Å²) in [5.41, 5.74) is 1.67. The second-order valence-corrected chi connectivity index (χ2v) is 7.44. The molecule has 4 nitrogen and oxygen atoms in total. The summed E-state index contributed by atoms with van der Waals surface area (Å²) in [7, 11) is 0. The number of carbonyl (C=O) groups is 1. The molecule has 2 heterocycles. The van der Waals surface area contributed by atoms with E-state index >= 15 is 0 Å². The van der Waals surface area contributed by atoms with E-state index in [4.69, 9.17) is 0 Å². The van der Waals surface area contributed by atoms with Crippen molar-refractivity contribution in [1.29, 1.82) is 0 Å². The fraction of sp³-hybridized carbons (Fsp3) is 0.368. The zero-order chi connectivity index (χ0) is 16.4. The van der Waals surface area contributed by atoms with E-state index in [1.54, 1.807) is 11.3 Å². The van der Waals surface area contributed by atoms with E-state index in [1.165, 1.54) is 25.7 Å². The minimum atomic E-state index is 0.0414. The van der Waals surface area contributed by atoms with Gasteiger partial charge in [-0.25, -0.2) is 4.98 Å². The Bertz CT molecular complexity index is 830. The van der Waals surface area contributed by atoms with Gasteiger partial charge in [0, 0.05) is 24.0 Å². The van der Waals surface area contributed by atoms with Gasteiger partial charge in [-0.05, 0) is 43.2 Å². The summed E-state index contributed by atoms with van der Waals surface area (Å²) in [4.78, 5) is 17.2. The Balaban J connectivity index is 1.54. The molecule has 4 rings (SSSR count). The highest BCUT2D eigenvalue weighted by molar-refractivity contribution is 7.20. The third-order valence-corrected chi connectivity index (χ3v) is 5.69. The molecule has 1 N–H and O–H groups in total. The van der Waals surface area contributed by atoms with Gasteiger partial charge in [0.2, 0.25) is 0 Å². The van der Waals surface area contributed by atoms with Crippen molar-refractivity contribution in [2.75, 3.05) is 0 Å². The lowest BCUT2D eigenvalue weighted by atomic mass is 10.1. The molecule has 5 heteroatoms. The van der Waals surface area contributed by atoms with Gasteiger partial charge in [0.25, 0.3) is 5.91 Å². The highest BCUT2D eigenvalue weighted by Gasteiger charge is 2.16. The maximum Gasteiger partial charge on any atom is 0.251 e. The van der Waals surface area contributed by atoms with Crippen molar-refractivity contribution in [2.24, 2.45) is 0 Å². The molecule has 124 valence electrons. The average Bonchev–Trinajstić information content (AvgIpc) is 3.19. The van der Waals surface area contributed by atoms with Crippen molar-refractivity contribution in [2.45, 2.75) is 44.6 Å². The fourth-order valence-corrected chi connectivity index (χ4v) is 4.29. The normalized spacial score (nSPS) is 16.2. The number of hydrogen-bond acceptors (Lipinski definition) is 3. The van der Waals surface area contributed by atoms with Crippen molar-refractivity contribution in [3.8, 4) is 5.13 Å². The maximum absolute atomic E-state index is 12.6. The molecule has 0 unspecified atom stereocenters. The third kappa shape index (κ3) is 3.22. The second-order valence-electron chi connectivity index (χ2n) is 6.43. The molecule has 1 saturated carbocycles. The molecule has 0 atom stereocenters. The second kappa shape index (κ2) is 6.77. The fourth-order valence-electron chi connectivity index (χ4n) is 3.32. The van der Waals surface area contributed by atoms with Crippen molar-refractivity contribution in [3.05, 3.63) is 48.3 Å². The number of aromatic nitrogens is 2. The van der Waals surface area contributed by atoms with Crippen molar-refractivity contribution in [1.82, 2.24) is 14.9 Å². The Labute approximate surface area is 145 Å². The number of benzene rings is 1. The number of nitrogens with one attached hydrogen (secondary N) is 1. The van der Waals surface area contributed by atoms with Crippen LogP contribution in [0.4, 0.5) is 0 Å². The molecule has 2 aromatic heterocycles. The average molecular weight is 339 g/mol. The quantitative estimate of drug-likeness (QED) is 0.712. The van der Waals surface area contributed by atoms with E-state index in [2.05, 4.69) is 10.3 Å². The minimum absolute atomic E-state index is 0.0414. The van der Waals surface area contributed by atoms with Gasteiger partial charge in [-0.15, -0.1) is 0 Å². The lowest BCUT2D eigenvalue weighted by Gasteiger charge is -2.16. The number of nitrogens with zero attached hydrogens (tertiary/aromatic N) is 2. The Morgan fingerprint density at radius 1 is 1.12 bits per heavy atom. The van der Waals surface area contributed by atoms with Crippen LogP contribution in [0.1, 0.15) is 48.9 Å². The number of rotatable bonds is 3. The molecular weight excluding hydrogens is 318 g/mol. The van der Waals surface area contributed by atoms with E-state index in [-0.39, 0.29) is 5.91 Å². The van der Waals surface area contributed by atoms with Crippen LogP contribution >= 0.6 is 11.3 Å². The lowest BCUT2D eigenvalue weighted by molar-refractivity contribution is 0.0933. The number of fused-ring (bicyclic) bond motifs is 1. The summed E-state index contributed by atoms with van der Waals surface area (Å²) >= 11 is 1.61. The molecule has 0 spiro atoms. The van der Waals surface area contributed by atoms with E-state index in [0.717, 1.165) is 33.8 Å². The smallest absolute Gasteiger partial charge is 0.251 e. The molecule has 0 bridgehead atoms. The maximum atomic E-state index is 12.6. The van der Waals surface area contributed by atoms with E-state index < -0.39 is 0 Å². The number of thiazole rings is 1. The van der Waals surface area contributed by atoms with Gasteiger partial charge in [0.05, 0.1) is 10.2 Å². The predicted octanol–water partition coefficient (Wildman–Crippen LogP) is 4.54. The molecule has 1 aliphatic carbocycles. The predicted molar refractivity (Wildman–Crippen MR) is 97.9 cm³/mol. The van der Waals surface area contributed by atoms with Crippen LogP contribution in [-0.4, -0.2) is 21.5 Å². The van der Waals surface area contributed by atoms with Gasteiger partial charge in [-0.1, -0.05) is 37.0 Å². The molecular formula is C19H21N3OS. The van der Waals surface area contributed by atoms with Gasteiger partial charge in [-0.3, -0.25) is 4.79 Å². The molecule has 24 heavy (non-hydrogen) atoms. The summed E-state index contributed by atoms with van der Waals surface area (Å²) in [6.45, 7) is 0. The molecule has 0 saturated heterocycles. The Kier molecular flexibility index (Phi) is 4.34. The lowest BCUT2D eigenvalue weighted by Crippen LogP contribution is -2.34. The Morgan fingerprint density at radius 3 is 2.62 bits per heavy atom. The van der Waals surface area contributed by atoms with Crippen molar-refractivity contribution >= 4 is 27.5 Å². The third-order valence-electron chi connectivity index (χ3n) is 4.66. The SMILES string of the molecule is O=C(NC1CCCCCC1)c1ccc2nc(-n3cccc3)sc2c1. The van der Waals surface area contributed by atoms with Crippen LogP contribution < -0.4 is 5.32 Å². The number of amides is 1. The van der Waals surface area contributed by atoms with Gasteiger partial charge < -0.3 is 9.88 Å². The van der Waals surface area contributed by atoms with Crippen LogP contribution in [-0.2, 0) is 0 Å². The van der Waals surface area contributed by atoms with Crippen LogP contribution in [0.15, 0.2) is 42.7 Å². The highest BCUT2D eigenvalue weighted by Crippen LogP contribution is 2.26. The monoisotopic (exact) mass is 339 g/mol. The number of hydrogen-bond donors (Lipinski definition) is 1. The first-order valence-corrected chi connectivity index (χ1v) is 9.46. The van der Waals surface area contributed by atoms with Gasteiger partial charge in [0.1, 0.15) is 0 Å².